The van der Waals surface area contributed by atoms with Gasteiger partial charge in [0.1, 0.15) is 5.41 Å². The van der Waals surface area contributed by atoms with Gasteiger partial charge in [0.15, 0.2) is 0 Å². The van der Waals surface area contributed by atoms with Crippen molar-refractivity contribution in [3.05, 3.63) is 17.5 Å². The fraction of sp³-hybridized carbons (Fsp3) is 0.571. The second-order valence-corrected chi connectivity index (χ2v) is 5.85. The molecule has 21 heavy (non-hydrogen) atoms. The van der Waals surface area contributed by atoms with Gasteiger partial charge in [0.25, 0.3) is 0 Å². The van der Waals surface area contributed by atoms with Crippen molar-refractivity contribution in [3.63, 3.8) is 0 Å². The molecule has 2 aliphatic rings. The van der Waals surface area contributed by atoms with Crippen LogP contribution in [0.15, 0.2) is 6.20 Å². The molecular formula is C14H18N4O3. The zero-order chi connectivity index (χ0) is 15.2. The molecule has 1 spiro atoms. The van der Waals surface area contributed by atoms with Crippen LogP contribution in [0.25, 0.3) is 0 Å². The molecule has 7 heteroatoms. The van der Waals surface area contributed by atoms with Crippen LogP contribution in [0.1, 0.15) is 36.9 Å². The van der Waals surface area contributed by atoms with Crippen LogP contribution in [0.3, 0.4) is 0 Å². The van der Waals surface area contributed by atoms with Gasteiger partial charge in [-0.3, -0.25) is 24.5 Å². The average Bonchev–Trinajstić information content (AvgIpc) is 3.01. The van der Waals surface area contributed by atoms with E-state index in [1.54, 1.807) is 17.9 Å². The monoisotopic (exact) mass is 290 g/mol. The molecule has 0 atom stereocenters. The molecule has 4 amide bonds. The second kappa shape index (κ2) is 4.68. The first-order valence-corrected chi connectivity index (χ1v) is 7.10. The highest BCUT2D eigenvalue weighted by Gasteiger charge is 2.54. The molecule has 0 radical (unpaired) electrons. The number of hydrogen-bond donors (Lipinski definition) is 1. The molecule has 112 valence electrons. The third kappa shape index (κ3) is 2.03. The molecule has 2 fully saturated rings. The Labute approximate surface area is 122 Å². The molecule has 1 aromatic heterocycles. The van der Waals surface area contributed by atoms with Crippen molar-refractivity contribution in [2.45, 2.75) is 39.2 Å². The number of nitrogens with zero attached hydrogens (tertiary/aromatic N) is 3. The third-order valence-electron chi connectivity index (χ3n) is 4.46. The lowest BCUT2D eigenvalue weighted by Gasteiger charge is -2.36. The van der Waals surface area contributed by atoms with Gasteiger partial charge >= 0.3 is 6.03 Å². The molecule has 1 saturated carbocycles. The minimum atomic E-state index is -1.04. The number of amides is 4. The van der Waals surface area contributed by atoms with E-state index in [0.29, 0.717) is 12.8 Å². The normalized spacial score (nSPS) is 21.2. The molecule has 7 nitrogen and oxygen atoms in total. The summed E-state index contributed by atoms with van der Waals surface area (Å²) in [6, 6.07) is -0.634. The van der Waals surface area contributed by atoms with E-state index in [2.05, 4.69) is 10.4 Å². The van der Waals surface area contributed by atoms with Crippen molar-refractivity contribution in [1.29, 1.82) is 0 Å². The van der Waals surface area contributed by atoms with E-state index >= 15 is 0 Å². The third-order valence-corrected chi connectivity index (χ3v) is 4.46. The molecule has 1 N–H and O–H groups in total. The largest absolute Gasteiger partial charge is 0.331 e. The molecule has 3 rings (SSSR count). The Morgan fingerprint density at radius 3 is 2.52 bits per heavy atom. The number of barbiturate groups is 1. The fourth-order valence-electron chi connectivity index (χ4n) is 3.27. The molecule has 0 unspecified atom stereocenters. The van der Waals surface area contributed by atoms with Crippen molar-refractivity contribution in [1.82, 2.24) is 20.0 Å². The van der Waals surface area contributed by atoms with Gasteiger partial charge in [0, 0.05) is 18.8 Å². The van der Waals surface area contributed by atoms with Crippen molar-refractivity contribution >= 4 is 17.8 Å². The SMILES string of the molecule is Cc1nn(C)cc1CN1C(=O)NC(=O)C2(CCCC2)C1=O. The molecule has 1 aliphatic carbocycles. The van der Waals surface area contributed by atoms with Crippen LogP contribution in [-0.4, -0.2) is 32.5 Å². The Balaban J connectivity index is 1.90. The molecular weight excluding hydrogens is 272 g/mol. The van der Waals surface area contributed by atoms with Gasteiger partial charge in [-0.05, 0) is 19.8 Å². The highest BCUT2D eigenvalue weighted by molar-refractivity contribution is 6.19. The number of urea groups is 1. The van der Waals surface area contributed by atoms with E-state index in [9.17, 15) is 14.4 Å². The lowest BCUT2D eigenvalue weighted by Crippen LogP contribution is -2.62. The van der Waals surface area contributed by atoms with Crippen LogP contribution < -0.4 is 5.32 Å². The number of carbonyl (C=O) groups is 3. The summed E-state index contributed by atoms with van der Waals surface area (Å²) < 4.78 is 1.65. The Morgan fingerprint density at radius 1 is 1.29 bits per heavy atom. The first-order chi connectivity index (χ1) is 9.94. The maximum Gasteiger partial charge on any atom is 0.331 e. The Morgan fingerprint density at radius 2 is 1.95 bits per heavy atom. The van der Waals surface area contributed by atoms with Gasteiger partial charge in [-0.25, -0.2) is 4.79 Å². The number of hydrogen-bond acceptors (Lipinski definition) is 4. The standard InChI is InChI=1S/C14H18N4O3/c1-9-10(7-17(2)16-9)8-18-12(20)14(5-3-4-6-14)11(19)15-13(18)21/h7H,3-6,8H2,1-2H3,(H,15,19,21). The first kappa shape index (κ1) is 13.8. The summed E-state index contributed by atoms with van der Waals surface area (Å²) >= 11 is 0. The minimum Gasteiger partial charge on any atom is -0.277 e. The predicted octanol–water partition coefficient (Wildman–Crippen LogP) is 0.867. The highest BCUT2D eigenvalue weighted by atomic mass is 16.2. The molecule has 1 saturated heterocycles. The van der Waals surface area contributed by atoms with E-state index in [0.717, 1.165) is 29.0 Å². The number of carbonyl (C=O) groups excluding carboxylic acids is 3. The van der Waals surface area contributed by atoms with Crippen molar-refractivity contribution in [2.24, 2.45) is 12.5 Å². The summed E-state index contributed by atoms with van der Waals surface area (Å²) in [7, 11) is 1.79. The van der Waals surface area contributed by atoms with Gasteiger partial charge in [-0.15, -0.1) is 0 Å². The predicted molar refractivity (Wildman–Crippen MR) is 72.9 cm³/mol. The van der Waals surface area contributed by atoms with Crippen LogP contribution in [0.5, 0.6) is 0 Å². The molecule has 2 heterocycles. The molecule has 1 aromatic rings. The minimum absolute atomic E-state index is 0.152. The maximum atomic E-state index is 12.7. The van der Waals surface area contributed by atoms with Gasteiger partial charge < -0.3 is 0 Å². The summed E-state index contributed by atoms with van der Waals surface area (Å²) in [5.41, 5.74) is 0.545. The van der Waals surface area contributed by atoms with Crippen LogP contribution in [0.4, 0.5) is 4.79 Å². The van der Waals surface area contributed by atoms with Crippen LogP contribution >= 0.6 is 0 Å². The number of imide groups is 2. The second-order valence-electron chi connectivity index (χ2n) is 5.85. The van der Waals surface area contributed by atoms with E-state index in [-0.39, 0.29) is 12.5 Å². The van der Waals surface area contributed by atoms with Gasteiger partial charge in [-0.1, -0.05) is 12.8 Å². The van der Waals surface area contributed by atoms with Gasteiger partial charge in [0.2, 0.25) is 11.8 Å². The summed E-state index contributed by atoms with van der Waals surface area (Å²) in [6.07, 6.45) is 4.51. The van der Waals surface area contributed by atoms with E-state index in [1.165, 1.54) is 0 Å². The summed E-state index contributed by atoms with van der Waals surface area (Å²) in [5, 5.41) is 6.55. The number of aromatic nitrogens is 2. The fourth-order valence-corrected chi connectivity index (χ4v) is 3.27. The van der Waals surface area contributed by atoms with E-state index in [1.807, 2.05) is 6.92 Å². The Kier molecular flexibility index (Phi) is 3.07. The Hall–Kier alpha value is -2.18. The zero-order valence-corrected chi connectivity index (χ0v) is 12.2. The molecule has 0 bridgehead atoms. The van der Waals surface area contributed by atoms with Crippen LogP contribution in [0.2, 0.25) is 0 Å². The van der Waals surface area contributed by atoms with Gasteiger partial charge in [0.05, 0.1) is 12.2 Å². The van der Waals surface area contributed by atoms with E-state index < -0.39 is 17.4 Å². The number of aryl methyl sites for hydroxylation is 2. The number of rotatable bonds is 2. The topological polar surface area (TPSA) is 84.3 Å². The highest BCUT2D eigenvalue weighted by Crippen LogP contribution is 2.42. The maximum absolute atomic E-state index is 12.7. The van der Waals surface area contributed by atoms with Crippen LogP contribution in [0, 0.1) is 12.3 Å². The van der Waals surface area contributed by atoms with Crippen molar-refractivity contribution < 1.29 is 14.4 Å². The average molecular weight is 290 g/mol. The quantitative estimate of drug-likeness (QED) is 0.819. The first-order valence-electron chi connectivity index (χ1n) is 7.10. The van der Waals surface area contributed by atoms with Crippen molar-refractivity contribution in [3.8, 4) is 0 Å². The Bertz CT molecular complexity index is 628. The smallest absolute Gasteiger partial charge is 0.277 e. The summed E-state index contributed by atoms with van der Waals surface area (Å²) in [6.45, 7) is 1.98. The summed E-state index contributed by atoms with van der Waals surface area (Å²) in [5.74, 6) is -0.800. The number of nitrogens with one attached hydrogen (secondary N) is 1. The lowest BCUT2D eigenvalue weighted by molar-refractivity contribution is -0.151. The lowest BCUT2D eigenvalue weighted by atomic mass is 9.82. The zero-order valence-electron chi connectivity index (χ0n) is 12.2. The van der Waals surface area contributed by atoms with Gasteiger partial charge in [-0.2, -0.15) is 5.10 Å². The summed E-state index contributed by atoms with van der Waals surface area (Å²) in [4.78, 5) is 38.0. The van der Waals surface area contributed by atoms with Crippen molar-refractivity contribution in [2.75, 3.05) is 0 Å². The molecule has 1 aliphatic heterocycles. The van der Waals surface area contributed by atoms with Crippen LogP contribution in [-0.2, 0) is 23.2 Å². The molecule has 0 aromatic carbocycles. The van der Waals surface area contributed by atoms with E-state index in [4.69, 9.17) is 0 Å².